The Morgan fingerprint density at radius 1 is 0.897 bits per heavy atom. The fourth-order valence-electron chi connectivity index (χ4n) is 2.75. The summed E-state index contributed by atoms with van der Waals surface area (Å²) in [6, 6.07) is 10.2. The molecule has 0 fully saturated rings. The summed E-state index contributed by atoms with van der Waals surface area (Å²) in [4.78, 5) is 25.1. The second-order valence-corrected chi connectivity index (χ2v) is 6.39. The number of hydrogen-bond acceptors (Lipinski definition) is 4. The number of benzene rings is 1. The van der Waals surface area contributed by atoms with Crippen molar-refractivity contribution < 1.29 is 32.1 Å². The first kappa shape index (κ1) is 20.3. The molecule has 1 aromatic carbocycles. The number of quaternary nitrogens is 1. The Bertz CT molecular complexity index is 907. The highest BCUT2D eigenvalue weighted by Crippen LogP contribution is 2.12. The van der Waals surface area contributed by atoms with Crippen LogP contribution in [0.4, 0.5) is 14.5 Å². The van der Waals surface area contributed by atoms with Crippen molar-refractivity contribution in [3.8, 4) is 0 Å². The third-order valence-corrected chi connectivity index (χ3v) is 4.07. The van der Waals surface area contributed by atoms with E-state index in [-0.39, 0.29) is 24.7 Å². The topological polar surface area (TPSA) is 88.9 Å². The fraction of sp³-hybridized carbons (Fsp3) is 0.200. The second kappa shape index (κ2) is 9.65. The van der Waals surface area contributed by atoms with Crippen molar-refractivity contribution in [1.29, 1.82) is 0 Å². The predicted molar refractivity (Wildman–Crippen MR) is 98.7 cm³/mol. The highest BCUT2D eigenvalue weighted by atomic mass is 19.2. The maximum Gasteiger partial charge on any atom is 0.275 e. The molecule has 3 aromatic rings. The summed E-state index contributed by atoms with van der Waals surface area (Å²) < 4.78 is 36.8. The van der Waals surface area contributed by atoms with Crippen LogP contribution in [0.15, 0.2) is 63.8 Å². The molecule has 2 amide bonds. The molecule has 0 aliphatic carbocycles. The van der Waals surface area contributed by atoms with Crippen LogP contribution in [0.3, 0.4) is 0 Å². The van der Waals surface area contributed by atoms with Crippen molar-refractivity contribution in [2.75, 3.05) is 18.4 Å². The van der Waals surface area contributed by atoms with Crippen molar-refractivity contribution in [1.82, 2.24) is 5.32 Å². The average molecular weight is 404 g/mol. The monoisotopic (exact) mass is 404 g/mol. The summed E-state index contributed by atoms with van der Waals surface area (Å²) >= 11 is 0. The molecule has 9 heteroatoms. The molecule has 0 radical (unpaired) electrons. The Balaban J connectivity index is 1.50. The molecular formula is C20H20F2N3O4+. The van der Waals surface area contributed by atoms with Crippen LogP contribution in [0.5, 0.6) is 0 Å². The molecule has 2 aromatic heterocycles. The SMILES string of the molecule is O=C(C[NH+](Cc1ccco1)Cc1ccco1)NCC(=O)Nc1ccc(F)c(F)c1. The summed E-state index contributed by atoms with van der Waals surface area (Å²) in [7, 11) is 0. The summed E-state index contributed by atoms with van der Waals surface area (Å²) in [5.74, 6) is -1.54. The smallest absolute Gasteiger partial charge is 0.275 e. The van der Waals surface area contributed by atoms with E-state index in [0.717, 1.165) is 28.6 Å². The Kier molecular flexibility index (Phi) is 6.75. The van der Waals surface area contributed by atoms with Gasteiger partial charge in [0.25, 0.3) is 5.91 Å². The number of amides is 2. The van der Waals surface area contributed by atoms with E-state index in [1.807, 2.05) is 12.1 Å². The van der Waals surface area contributed by atoms with E-state index in [2.05, 4.69) is 10.6 Å². The van der Waals surface area contributed by atoms with Gasteiger partial charge in [-0.05, 0) is 36.4 Å². The molecule has 0 saturated heterocycles. The lowest BCUT2D eigenvalue weighted by atomic mass is 10.3. The number of hydrogen-bond donors (Lipinski definition) is 3. The molecule has 3 rings (SSSR count). The molecule has 0 bridgehead atoms. The molecule has 152 valence electrons. The lowest BCUT2D eigenvalue weighted by molar-refractivity contribution is -0.921. The molecule has 0 unspecified atom stereocenters. The Morgan fingerprint density at radius 3 is 2.10 bits per heavy atom. The first-order chi connectivity index (χ1) is 14.0. The van der Waals surface area contributed by atoms with E-state index in [0.29, 0.717) is 13.1 Å². The molecule has 29 heavy (non-hydrogen) atoms. The van der Waals surface area contributed by atoms with Crippen molar-refractivity contribution >= 4 is 17.5 Å². The van der Waals surface area contributed by atoms with Gasteiger partial charge >= 0.3 is 0 Å². The van der Waals surface area contributed by atoms with Crippen LogP contribution in [0, 0.1) is 11.6 Å². The van der Waals surface area contributed by atoms with Gasteiger partial charge in [0, 0.05) is 11.8 Å². The first-order valence-corrected chi connectivity index (χ1v) is 8.89. The molecule has 0 spiro atoms. The van der Waals surface area contributed by atoms with Gasteiger partial charge in [0.1, 0.15) is 13.1 Å². The van der Waals surface area contributed by atoms with Gasteiger partial charge in [0.15, 0.2) is 29.7 Å². The van der Waals surface area contributed by atoms with E-state index < -0.39 is 17.5 Å². The molecular weight excluding hydrogens is 384 g/mol. The van der Waals surface area contributed by atoms with Gasteiger partial charge in [-0.25, -0.2) is 8.78 Å². The van der Waals surface area contributed by atoms with Crippen LogP contribution >= 0.6 is 0 Å². The van der Waals surface area contributed by atoms with Gasteiger partial charge in [0.2, 0.25) is 5.91 Å². The Hall–Kier alpha value is -3.46. The standard InChI is InChI=1S/C20H19F2N3O4/c21-17-6-5-14(9-18(17)22)24-19(26)10-23-20(27)13-25(11-15-3-1-7-28-15)12-16-4-2-8-29-16/h1-9H,10-13H2,(H,23,27)(H,24,26)/p+1. The van der Waals surface area contributed by atoms with Crippen LogP contribution in [-0.2, 0) is 22.7 Å². The van der Waals surface area contributed by atoms with Gasteiger partial charge in [0.05, 0.1) is 19.1 Å². The second-order valence-electron chi connectivity index (χ2n) is 6.39. The first-order valence-electron chi connectivity index (χ1n) is 8.89. The zero-order chi connectivity index (χ0) is 20.6. The molecule has 0 aliphatic heterocycles. The van der Waals surface area contributed by atoms with Gasteiger partial charge in [-0.2, -0.15) is 0 Å². The summed E-state index contributed by atoms with van der Waals surface area (Å²) in [6.45, 7) is 0.705. The van der Waals surface area contributed by atoms with Gasteiger partial charge in [-0.1, -0.05) is 0 Å². The average Bonchev–Trinajstić information content (AvgIpc) is 3.37. The number of halogens is 2. The van der Waals surface area contributed by atoms with Crippen molar-refractivity contribution in [2.45, 2.75) is 13.1 Å². The van der Waals surface area contributed by atoms with E-state index in [1.54, 1.807) is 24.7 Å². The maximum atomic E-state index is 13.2. The highest BCUT2D eigenvalue weighted by molar-refractivity contribution is 5.94. The molecule has 7 nitrogen and oxygen atoms in total. The minimum atomic E-state index is -1.07. The number of carbonyl (C=O) groups is 2. The zero-order valence-electron chi connectivity index (χ0n) is 15.4. The molecule has 2 heterocycles. The van der Waals surface area contributed by atoms with Gasteiger partial charge in [-0.15, -0.1) is 0 Å². The van der Waals surface area contributed by atoms with Crippen molar-refractivity contribution in [2.24, 2.45) is 0 Å². The van der Waals surface area contributed by atoms with Crippen LogP contribution < -0.4 is 15.5 Å². The van der Waals surface area contributed by atoms with Crippen LogP contribution in [0.2, 0.25) is 0 Å². The summed E-state index contributed by atoms with van der Waals surface area (Å²) in [5, 5.41) is 4.91. The van der Waals surface area contributed by atoms with Gasteiger partial charge in [-0.3, -0.25) is 9.59 Å². The number of carbonyl (C=O) groups excluding carboxylic acids is 2. The molecule has 0 saturated carbocycles. The van der Waals surface area contributed by atoms with Crippen LogP contribution in [0.25, 0.3) is 0 Å². The largest absolute Gasteiger partial charge is 0.463 e. The number of nitrogens with one attached hydrogen (secondary N) is 3. The third kappa shape index (κ3) is 6.28. The van der Waals surface area contributed by atoms with E-state index in [4.69, 9.17) is 8.83 Å². The lowest BCUT2D eigenvalue weighted by Crippen LogP contribution is -3.10. The van der Waals surface area contributed by atoms with Crippen molar-refractivity contribution in [3.63, 3.8) is 0 Å². The van der Waals surface area contributed by atoms with Gasteiger partial charge < -0.3 is 24.4 Å². The minimum absolute atomic E-state index is 0.0832. The number of furan rings is 2. The summed E-state index contributed by atoms with van der Waals surface area (Å²) in [5.41, 5.74) is 0.103. The lowest BCUT2D eigenvalue weighted by Gasteiger charge is -2.17. The zero-order valence-corrected chi connectivity index (χ0v) is 15.4. The fourth-order valence-corrected chi connectivity index (χ4v) is 2.75. The quantitative estimate of drug-likeness (QED) is 0.504. The Labute approximate surface area is 165 Å². The molecule has 3 N–H and O–H groups in total. The Morgan fingerprint density at radius 2 is 1.55 bits per heavy atom. The summed E-state index contributed by atoms with van der Waals surface area (Å²) in [6.07, 6.45) is 3.12. The van der Waals surface area contributed by atoms with Crippen LogP contribution in [0.1, 0.15) is 11.5 Å². The van der Waals surface area contributed by atoms with Crippen LogP contribution in [-0.4, -0.2) is 24.9 Å². The van der Waals surface area contributed by atoms with Crippen molar-refractivity contribution in [3.05, 3.63) is 78.1 Å². The molecule has 0 aliphatic rings. The van der Waals surface area contributed by atoms with E-state index in [1.165, 1.54) is 6.07 Å². The predicted octanol–water partition coefficient (Wildman–Crippen LogP) is 1.49. The normalized spacial score (nSPS) is 10.9. The number of rotatable bonds is 9. The highest BCUT2D eigenvalue weighted by Gasteiger charge is 2.19. The molecule has 0 atom stereocenters. The number of anilines is 1. The minimum Gasteiger partial charge on any atom is -0.463 e. The van der Waals surface area contributed by atoms with E-state index in [9.17, 15) is 18.4 Å². The third-order valence-electron chi connectivity index (χ3n) is 4.07. The van der Waals surface area contributed by atoms with E-state index >= 15 is 0 Å². The maximum absolute atomic E-state index is 13.2.